The Morgan fingerprint density at radius 3 is 2.59 bits per heavy atom. The van der Waals surface area contributed by atoms with Crippen LogP contribution in [0.15, 0.2) is 35.3 Å². The number of aliphatic imine (C=N–C) groups is 1. The fourth-order valence-corrected chi connectivity index (χ4v) is 5.22. The maximum absolute atomic E-state index is 15.7. The third-order valence-electron chi connectivity index (χ3n) is 6.15. The van der Waals surface area contributed by atoms with Gasteiger partial charge in [-0.2, -0.15) is 0 Å². The monoisotopic (exact) mass is 484 g/mol. The van der Waals surface area contributed by atoms with E-state index in [9.17, 15) is 4.79 Å². The molecule has 178 valence electrons. The third-order valence-corrected chi connectivity index (χ3v) is 11.7. The molecule has 1 aromatic rings. The summed E-state index contributed by atoms with van der Waals surface area (Å²) in [5, 5.41) is 2.47. The molecule has 1 amide bonds. The molecule has 2 heterocycles. The Bertz CT molecular complexity index is 820. The van der Waals surface area contributed by atoms with E-state index < -0.39 is 44.3 Å². The molecule has 7 nitrogen and oxygen atoms in total. The number of alkyl carbamates (subject to hydrolysis) is 1. The van der Waals surface area contributed by atoms with Gasteiger partial charge >= 0.3 is 6.09 Å². The molecule has 3 rings (SSSR count). The van der Waals surface area contributed by atoms with Gasteiger partial charge in [-0.05, 0) is 35.5 Å². The van der Waals surface area contributed by atoms with Crippen LogP contribution in [-0.4, -0.2) is 63.2 Å². The first-order valence-electron chi connectivity index (χ1n) is 10.7. The Balaban J connectivity index is 1.75. The van der Waals surface area contributed by atoms with Gasteiger partial charge in [0.1, 0.15) is 23.7 Å². The predicted molar refractivity (Wildman–Crippen MR) is 126 cm³/mol. The summed E-state index contributed by atoms with van der Waals surface area (Å²) >= 11 is 1.11. The topological polar surface area (TPSA) is 78.4 Å². The second-order valence-corrected chi connectivity index (χ2v) is 15.3. The molecule has 5 atom stereocenters. The number of halogens is 1. The number of carbonyl (C=O) groups is 1. The Hall–Kier alpha value is -1.46. The Kier molecular flexibility index (Phi) is 8.03. The Morgan fingerprint density at radius 2 is 1.97 bits per heavy atom. The Morgan fingerprint density at radius 1 is 1.28 bits per heavy atom. The molecule has 0 unspecified atom stereocenters. The van der Waals surface area contributed by atoms with E-state index in [1.807, 2.05) is 30.3 Å². The van der Waals surface area contributed by atoms with Crippen LogP contribution in [-0.2, 0) is 25.2 Å². The lowest BCUT2D eigenvalue weighted by Gasteiger charge is -2.42. The lowest BCUT2D eigenvalue weighted by Crippen LogP contribution is -2.56. The number of benzene rings is 1. The normalized spacial score (nSPS) is 28.1. The predicted octanol–water partition coefficient (Wildman–Crippen LogP) is 4.48. The second kappa shape index (κ2) is 10.2. The average molecular weight is 485 g/mol. The highest BCUT2D eigenvalue weighted by molar-refractivity contribution is 8.14. The number of alkyl halides is 1. The van der Waals surface area contributed by atoms with Crippen molar-refractivity contribution in [1.29, 1.82) is 0 Å². The van der Waals surface area contributed by atoms with Crippen molar-refractivity contribution in [2.75, 3.05) is 13.7 Å². The van der Waals surface area contributed by atoms with Crippen LogP contribution in [0.3, 0.4) is 0 Å². The summed E-state index contributed by atoms with van der Waals surface area (Å²) in [6.45, 7) is 11.2. The third kappa shape index (κ3) is 5.90. The van der Waals surface area contributed by atoms with Gasteiger partial charge in [0.05, 0.1) is 13.2 Å². The molecule has 1 N–H and O–H groups in total. The molecule has 0 spiro atoms. The zero-order valence-electron chi connectivity index (χ0n) is 19.5. The van der Waals surface area contributed by atoms with E-state index in [-0.39, 0.29) is 23.5 Å². The second-order valence-electron chi connectivity index (χ2n) is 9.46. The van der Waals surface area contributed by atoms with Crippen molar-refractivity contribution in [1.82, 2.24) is 5.32 Å². The molecule has 0 aliphatic carbocycles. The molecule has 2 aliphatic heterocycles. The van der Waals surface area contributed by atoms with Gasteiger partial charge < -0.3 is 24.0 Å². The Labute approximate surface area is 194 Å². The van der Waals surface area contributed by atoms with Crippen LogP contribution in [0, 0.1) is 0 Å². The van der Waals surface area contributed by atoms with Crippen molar-refractivity contribution in [3.8, 4) is 0 Å². The van der Waals surface area contributed by atoms with Crippen molar-refractivity contribution in [3.63, 3.8) is 0 Å². The summed E-state index contributed by atoms with van der Waals surface area (Å²) in [4.78, 5) is 15.8. The van der Waals surface area contributed by atoms with Crippen LogP contribution in [0.25, 0.3) is 0 Å². The number of hydrogen-bond acceptors (Lipinski definition) is 7. The summed E-state index contributed by atoms with van der Waals surface area (Å²) in [5.74, 6) is 0. The summed E-state index contributed by atoms with van der Waals surface area (Å²) < 4.78 is 39.4. The molecule has 0 bridgehead atoms. The number of rotatable bonds is 6. The maximum Gasteiger partial charge on any atom is 0.414 e. The summed E-state index contributed by atoms with van der Waals surface area (Å²) in [5.41, 5.74) is 0.341. The highest BCUT2D eigenvalue weighted by Gasteiger charge is 2.52. The van der Waals surface area contributed by atoms with Crippen LogP contribution < -0.4 is 5.32 Å². The van der Waals surface area contributed by atoms with E-state index in [1.54, 1.807) is 0 Å². The number of fused-ring (bicyclic) bond motifs is 1. The van der Waals surface area contributed by atoms with E-state index >= 15 is 4.39 Å². The number of nitrogens with zero attached hydrogens (tertiary/aromatic N) is 1. The lowest BCUT2D eigenvalue weighted by atomic mass is 9.99. The highest BCUT2D eigenvalue weighted by atomic mass is 32.2. The van der Waals surface area contributed by atoms with Crippen molar-refractivity contribution >= 4 is 31.4 Å². The summed E-state index contributed by atoms with van der Waals surface area (Å²) in [6, 6.07) is 8.79. The van der Waals surface area contributed by atoms with Crippen molar-refractivity contribution in [3.05, 3.63) is 35.9 Å². The van der Waals surface area contributed by atoms with Crippen LogP contribution in [0.1, 0.15) is 26.3 Å². The summed E-state index contributed by atoms with van der Waals surface area (Å²) in [6.07, 6.45) is -3.54. The fourth-order valence-electron chi connectivity index (χ4n) is 3.15. The van der Waals surface area contributed by atoms with Crippen LogP contribution >= 0.6 is 11.8 Å². The number of ether oxygens (including phenoxy) is 3. The maximum atomic E-state index is 15.7. The minimum absolute atomic E-state index is 0.0133. The van der Waals surface area contributed by atoms with Gasteiger partial charge in [0.25, 0.3) is 5.23 Å². The summed E-state index contributed by atoms with van der Waals surface area (Å²) in [7, 11) is -0.622. The minimum atomic E-state index is -2.07. The van der Waals surface area contributed by atoms with E-state index in [4.69, 9.17) is 18.6 Å². The molecule has 1 aromatic carbocycles. The van der Waals surface area contributed by atoms with E-state index in [0.717, 1.165) is 17.3 Å². The molecule has 32 heavy (non-hydrogen) atoms. The number of amides is 1. The highest BCUT2D eigenvalue weighted by Crippen LogP contribution is 2.41. The van der Waals surface area contributed by atoms with Gasteiger partial charge in [-0.15, -0.1) is 0 Å². The number of thioether (sulfide) groups is 1. The number of nitrogens with one attached hydrogen (secondary N) is 1. The van der Waals surface area contributed by atoms with Crippen LogP contribution in [0.5, 0.6) is 0 Å². The van der Waals surface area contributed by atoms with Gasteiger partial charge in [-0.1, -0.05) is 51.1 Å². The molecule has 0 saturated carbocycles. The standard InChI is InChI=1S/C22H33FN2O5SSi/c1-22(2,3)32(5,6)28-13-15-18(27-12-14-10-8-7-9-11-14)16(23)17-19(29-15)31-21(25-17)30-20(26)24-4/h7-11,15-19H,12-13H2,1-6H3,(H,24,26)/t15-,16+,17-,18-,19-/m1/s1. The van der Waals surface area contributed by atoms with E-state index in [1.165, 1.54) is 7.05 Å². The molecule has 0 aromatic heterocycles. The molecular formula is C22H33FN2O5SSi. The molecule has 1 fully saturated rings. The zero-order valence-corrected chi connectivity index (χ0v) is 21.3. The average Bonchev–Trinajstić information content (AvgIpc) is 3.14. The molecule has 10 heteroatoms. The number of hydrogen-bond donors (Lipinski definition) is 1. The van der Waals surface area contributed by atoms with Gasteiger partial charge in [0, 0.05) is 7.05 Å². The molecule has 2 aliphatic rings. The van der Waals surface area contributed by atoms with Crippen molar-refractivity contribution < 1.29 is 27.8 Å². The molecule has 1 saturated heterocycles. The zero-order chi connectivity index (χ0) is 23.5. The van der Waals surface area contributed by atoms with E-state index in [2.05, 4.69) is 44.2 Å². The smallest absolute Gasteiger partial charge is 0.414 e. The van der Waals surface area contributed by atoms with E-state index in [0.29, 0.717) is 0 Å². The van der Waals surface area contributed by atoms with Gasteiger partial charge in [0.2, 0.25) is 0 Å². The SMILES string of the molecule is CNC(=O)OC1=N[C@@H]2[C@H](F)[C@H](OCc3ccccc3)[C@@H](CO[Si](C)(C)C(C)(C)C)O[C@@H]2S1. The lowest BCUT2D eigenvalue weighted by molar-refractivity contribution is -0.169. The van der Waals surface area contributed by atoms with Gasteiger partial charge in [-0.3, -0.25) is 0 Å². The van der Waals surface area contributed by atoms with Gasteiger partial charge in [-0.25, -0.2) is 14.2 Å². The largest absolute Gasteiger partial charge is 0.414 e. The first kappa shape index (κ1) is 25.2. The van der Waals surface area contributed by atoms with Crippen LogP contribution in [0.4, 0.5) is 9.18 Å². The van der Waals surface area contributed by atoms with Crippen molar-refractivity contribution in [2.45, 2.75) is 75.4 Å². The first-order chi connectivity index (χ1) is 15.0. The van der Waals surface area contributed by atoms with Crippen LogP contribution in [0.2, 0.25) is 18.1 Å². The minimum Gasteiger partial charge on any atom is -0.414 e. The number of carbonyl (C=O) groups excluding carboxylic acids is 1. The first-order valence-corrected chi connectivity index (χ1v) is 14.5. The fraction of sp³-hybridized carbons (Fsp3) is 0.636. The van der Waals surface area contributed by atoms with Crippen molar-refractivity contribution in [2.24, 2.45) is 4.99 Å². The molecular weight excluding hydrogens is 451 g/mol. The quantitative estimate of drug-likeness (QED) is 0.600. The van der Waals surface area contributed by atoms with Gasteiger partial charge in [0.15, 0.2) is 14.5 Å². The molecule has 0 radical (unpaired) electrons.